The number of nitrogens with one attached hydrogen (secondary N) is 1. The summed E-state index contributed by atoms with van der Waals surface area (Å²) in [4.78, 5) is 4.32. The van der Waals surface area contributed by atoms with Crippen LogP contribution >= 0.6 is 15.9 Å². The van der Waals surface area contributed by atoms with Gasteiger partial charge in [-0.2, -0.15) is 0 Å². The van der Waals surface area contributed by atoms with E-state index < -0.39 is 11.4 Å². The molecule has 0 radical (unpaired) electrons. The van der Waals surface area contributed by atoms with Crippen LogP contribution < -0.4 is 9.46 Å². The van der Waals surface area contributed by atoms with Gasteiger partial charge < -0.3 is 9.29 Å². The summed E-state index contributed by atoms with van der Waals surface area (Å²) in [5, 5.41) is 0. The average Bonchev–Trinajstić information content (AvgIpc) is 2.34. The molecule has 4 nitrogen and oxygen atoms in total. The first-order valence-corrected chi connectivity index (χ1v) is 8.49. The maximum absolute atomic E-state index is 12.3. The van der Waals surface area contributed by atoms with Gasteiger partial charge in [0.1, 0.15) is 9.35 Å². The highest BCUT2D eigenvalue weighted by Crippen LogP contribution is 2.31. The highest BCUT2D eigenvalue weighted by Gasteiger charge is 2.32. The zero-order valence-electron chi connectivity index (χ0n) is 12.9. The Morgan fingerprint density at radius 2 is 1.95 bits per heavy atom. The van der Waals surface area contributed by atoms with Gasteiger partial charge >= 0.3 is 0 Å². The van der Waals surface area contributed by atoms with Crippen LogP contribution in [0.25, 0.3) is 0 Å². The molecule has 1 N–H and O–H groups in total. The molecule has 1 aromatic rings. The van der Waals surface area contributed by atoms with E-state index in [4.69, 9.17) is 4.74 Å². The van der Waals surface area contributed by atoms with Gasteiger partial charge in [0.15, 0.2) is 0 Å². The summed E-state index contributed by atoms with van der Waals surface area (Å²) in [7, 11) is 1.58. The van der Waals surface area contributed by atoms with Crippen LogP contribution in [0.15, 0.2) is 16.7 Å². The van der Waals surface area contributed by atoms with Crippen LogP contribution in [0.1, 0.15) is 46.2 Å². The van der Waals surface area contributed by atoms with E-state index in [2.05, 4.69) is 39.5 Å². The number of hydrogen-bond acceptors (Lipinski definition) is 4. The van der Waals surface area contributed by atoms with Crippen molar-refractivity contribution in [1.29, 1.82) is 0 Å². The molecule has 20 heavy (non-hydrogen) atoms. The van der Waals surface area contributed by atoms with Crippen molar-refractivity contribution < 1.29 is 9.29 Å². The Morgan fingerprint density at radius 3 is 2.35 bits per heavy atom. The van der Waals surface area contributed by atoms with Crippen LogP contribution in [0, 0.1) is 5.92 Å². The Kier molecular flexibility index (Phi) is 6.31. The Hall–Kier alpha value is -0.300. The molecule has 0 amide bonds. The molecule has 0 saturated carbocycles. The zero-order chi connectivity index (χ0) is 15.5. The third-order valence-corrected chi connectivity index (χ3v) is 5.07. The Labute approximate surface area is 133 Å². The van der Waals surface area contributed by atoms with Gasteiger partial charge in [-0.1, -0.05) is 13.8 Å². The number of aromatic nitrogens is 1. The number of rotatable bonds is 5. The molecule has 1 heterocycles. The lowest BCUT2D eigenvalue weighted by molar-refractivity contribution is 0.394. The minimum atomic E-state index is -1.13. The summed E-state index contributed by atoms with van der Waals surface area (Å²) in [5.41, 5.74) is 0.985. The summed E-state index contributed by atoms with van der Waals surface area (Å²) in [6.45, 7) is 10.0. The van der Waals surface area contributed by atoms with Crippen molar-refractivity contribution in [3.8, 4) is 5.88 Å². The number of methoxy groups -OCH3 is 1. The maximum Gasteiger partial charge on any atom is 0.214 e. The van der Waals surface area contributed by atoms with Crippen molar-refractivity contribution in [2.24, 2.45) is 5.92 Å². The molecular formula is C14H23BrN2O2S. The van der Waals surface area contributed by atoms with Gasteiger partial charge in [-0.25, -0.2) is 4.98 Å². The molecule has 0 fully saturated rings. The molecule has 0 aliphatic heterocycles. The van der Waals surface area contributed by atoms with Crippen LogP contribution in [0.5, 0.6) is 5.88 Å². The Bertz CT molecular complexity index is 449. The smallest absolute Gasteiger partial charge is 0.214 e. The summed E-state index contributed by atoms with van der Waals surface area (Å²) in [5.74, 6) is 0.841. The van der Waals surface area contributed by atoms with Gasteiger partial charge in [-0.05, 0) is 48.7 Å². The van der Waals surface area contributed by atoms with Gasteiger partial charge in [0, 0.05) is 23.0 Å². The maximum atomic E-state index is 12.3. The second-order valence-corrected chi connectivity index (χ2v) is 8.70. The van der Waals surface area contributed by atoms with Crippen molar-refractivity contribution in [3.63, 3.8) is 0 Å². The molecule has 0 bridgehead atoms. The van der Waals surface area contributed by atoms with E-state index in [0.717, 1.165) is 5.56 Å². The van der Waals surface area contributed by atoms with Crippen LogP contribution in [0.2, 0.25) is 0 Å². The van der Waals surface area contributed by atoms with E-state index in [9.17, 15) is 4.55 Å². The fourth-order valence-electron chi connectivity index (χ4n) is 1.62. The van der Waals surface area contributed by atoms with Crippen LogP contribution in [-0.4, -0.2) is 21.4 Å². The molecule has 114 valence electrons. The van der Waals surface area contributed by atoms with E-state index in [1.807, 2.05) is 32.9 Å². The molecule has 0 saturated heterocycles. The van der Waals surface area contributed by atoms with E-state index in [-0.39, 0.29) is 16.7 Å². The third kappa shape index (κ3) is 4.62. The normalized spacial score (nSPS) is 15.2. The van der Waals surface area contributed by atoms with Gasteiger partial charge in [0.05, 0.1) is 13.2 Å². The van der Waals surface area contributed by atoms with Gasteiger partial charge in [-0.15, -0.1) is 4.72 Å². The van der Waals surface area contributed by atoms with E-state index in [1.54, 1.807) is 7.11 Å². The zero-order valence-corrected chi connectivity index (χ0v) is 15.3. The third-order valence-electron chi connectivity index (χ3n) is 2.85. The highest BCUT2D eigenvalue weighted by molar-refractivity contribution is 9.10. The number of ether oxygens (including phenoxy) is 1. The monoisotopic (exact) mass is 362 g/mol. The predicted octanol–water partition coefficient (Wildman–Crippen LogP) is 3.60. The molecule has 6 heteroatoms. The van der Waals surface area contributed by atoms with Gasteiger partial charge in [0.25, 0.3) is 0 Å². The molecule has 0 spiro atoms. The lowest BCUT2D eigenvalue weighted by Gasteiger charge is -2.30. The quantitative estimate of drug-likeness (QED) is 0.642. The first-order chi connectivity index (χ1) is 9.16. The van der Waals surface area contributed by atoms with E-state index in [1.165, 1.54) is 0 Å². The largest absolute Gasteiger partial charge is 0.598 e. The summed E-state index contributed by atoms with van der Waals surface area (Å²) in [6.07, 6.45) is 0. The summed E-state index contributed by atoms with van der Waals surface area (Å²) < 4.78 is 21.1. The number of nitrogens with zero attached hydrogens (tertiary/aromatic N) is 1. The molecule has 2 unspecified atom stereocenters. The lowest BCUT2D eigenvalue weighted by Crippen LogP contribution is -2.42. The van der Waals surface area contributed by atoms with E-state index >= 15 is 0 Å². The second kappa shape index (κ2) is 7.11. The van der Waals surface area contributed by atoms with Crippen molar-refractivity contribution in [3.05, 3.63) is 22.3 Å². The van der Waals surface area contributed by atoms with Gasteiger partial charge in [0.2, 0.25) is 5.88 Å². The number of pyridine rings is 1. The minimum absolute atomic E-state index is 0.0390. The highest BCUT2D eigenvalue weighted by atomic mass is 79.9. The molecule has 1 rings (SSSR count). The fourth-order valence-corrected chi connectivity index (χ4v) is 3.16. The molecular weight excluding hydrogens is 340 g/mol. The first kappa shape index (κ1) is 17.8. The molecule has 0 aromatic carbocycles. The molecule has 1 aromatic heterocycles. The predicted molar refractivity (Wildman–Crippen MR) is 87.1 cm³/mol. The average molecular weight is 363 g/mol. The number of halogens is 1. The van der Waals surface area contributed by atoms with Crippen LogP contribution in [-0.2, 0) is 11.4 Å². The van der Waals surface area contributed by atoms with Crippen molar-refractivity contribution in [2.75, 3.05) is 7.11 Å². The number of hydrogen-bond donors (Lipinski definition) is 1. The van der Waals surface area contributed by atoms with Crippen LogP contribution in [0.3, 0.4) is 0 Å². The molecule has 0 aliphatic carbocycles. The Balaban J connectivity index is 3.03. The molecule has 0 aliphatic rings. The topological polar surface area (TPSA) is 57.2 Å². The standard InChI is InChI=1S/C14H23BrN2O2S/c1-9(2)12(17-20(18)14(3,4)5)10-7-8-11(19-6)16-13(10)15/h7-9,12,17H,1-6H3. The Morgan fingerprint density at radius 1 is 1.35 bits per heavy atom. The van der Waals surface area contributed by atoms with Crippen LogP contribution in [0.4, 0.5) is 0 Å². The van der Waals surface area contributed by atoms with Gasteiger partial charge in [-0.3, -0.25) is 0 Å². The van der Waals surface area contributed by atoms with Crippen molar-refractivity contribution in [1.82, 2.24) is 9.71 Å². The van der Waals surface area contributed by atoms with E-state index in [0.29, 0.717) is 10.5 Å². The minimum Gasteiger partial charge on any atom is -0.598 e. The fraction of sp³-hybridized carbons (Fsp3) is 0.643. The SMILES string of the molecule is COc1ccc(C(N[S+]([O-])C(C)(C)C)C(C)C)c(Br)n1. The second-order valence-electron chi connectivity index (χ2n) is 5.95. The van der Waals surface area contributed by atoms with Crippen molar-refractivity contribution >= 4 is 27.3 Å². The lowest BCUT2D eigenvalue weighted by atomic mass is 9.99. The summed E-state index contributed by atoms with van der Waals surface area (Å²) >= 11 is 2.33. The molecule has 2 atom stereocenters. The first-order valence-electron chi connectivity index (χ1n) is 6.55. The summed E-state index contributed by atoms with van der Waals surface area (Å²) in [6, 6.07) is 3.73. The van der Waals surface area contributed by atoms with Crippen molar-refractivity contribution in [2.45, 2.75) is 45.4 Å².